The maximum atomic E-state index is 14.1. The summed E-state index contributed by atoms with van der Waals surface area (Å²) in [7, 11) is 1.47. The third-order valence-electron chi connectivity index (χ3n) is 3.44. The molecular weight excluding hydrogens is 356 g/mol. The highest BCUT2D eigenvalue weighted by Crippen LogP contribution is 2.34. The van der Waals surface area contributed by atoms with Crippen molar-refractivity contribution in [3.8, 4) is 0 Å². The Morgan fingerprint density at radius 2 is 2.04 bits per heavy atom. The number of fused-ring (bicyclic) bond motifs is 1. The van der Waals surface area contributed by atoms with E-state index in [1.807, 2.05) is 0 Å². The van der Waals surface area contributed by atoms with Crippen LogP contribution >= 0.6 is 22.9 Å². The Bertz CT molecular complexity index is 926. The second-order valence-corrected chi connectivity index (χ2v) is 6.50. The number of carbonyl (C=O) groups excluding carboxylic acids is 1. The van der Waals surface area contributed by atoms with Gasteiger partial charge in [-0.1, -0.05) is 17.7 Å². The molecule has 3 aromatic rings. The van der Waals surface area contributed by atoms with E-state index < -0.39 is 17.5 Å². The lowest BCUT2D eigenvalue weighted by atomic mass is 10.1. The van der Waals surface area contributed by atoms with Gasteiger partial charge >= 0.3 is 0 Å². The number of hydrogen-bond donors (Lipinski definition) is 1. The van der Waals surface area contributed by atoms with Gasteiger partial charge in [0.2, 0.25) is 0 Å². The van der Waals surface area contributed by atoms with Crippen LogP contribution in [-0.2, 0) is 11.3 Å². The Morgan fingerprint density at radius 1 is 1.25 bits per heavy atom. The normalized spacial score (nSPS) is 11.0. The van der Waals surface area contributed by atoms with Gasteiger partial charge in [-0.3, -0.25) is 4.79 Å². The molecule has 0 bridgehead atoms. The highest BCUT2D eigenvalue weighted by Gasteiger charge is 2.21. The minimum atomic E-state index is -0.631. The van der Waals surface area contributed by atoms with Crippen molar-refractivity contribution in [3.05, 3.63) is 63.5 Å². The first-order valence-corrected chi connectivity index (χ1v) is 8.16. The van der Waals surface area contributed by atoms with E-state index in [0.717, 1.165) is 17.4 Å². The van der Waals surface area contributed by atoms with Crippen molar-refractivity contribution in [2.75, 3.05) is 12.4 Å². The van der Waals surface area contributed by atoms with Crippen LogP contribution in [0.15, 0.2) is 36.4 Å². The van der Waals surface area contributed by atoms with Crippen LogP contribution in [0.4, 0.5) is 14.5 Å². The summed E-state index contributed by atoms with van der Waals surface area (Å²) in [5.74, 6) is -1.49. The van der Waals surface area contributed by atoms with Gasteiger partial charge in [0.05, 0.1) is 16.5 Å². The van der Waals surface area contributed by atoms with Crippen molar-refractivity contribution in [2.24, 2.45) is 0 Å². The quantitative estimate of drug-likeness (QED) is 0.685. The zero-order valence-corrected chi connectivity index (χ0v) is 14.1. The average molecular weight is 368 g/mol. The van der Waals surface area contributed by atoms with Gasteiger partial charge in [0.15, 0.2) is 0 Å². The Morgan fingerprint density at radius 3 is 2.75 bits per heavy atom. The second-order valence-electron chi connectivity index (χ2n) is 5.04. The molecule has 0 aliphatic rings. The molecule has 1 amide bonds. The fourth-order valence-electron chi connectivity index (χ4n) is 2.39. The summed E-state index contributed by atoms with van der Waals surface area (Å²) in [4.78, 5) is 12.9. The second kappa shape index (κ2) is 6.84. The number of nitrogens with one attached hydrogen (secondary N) is 1. The molecule has 124 valence electrons. The predicted molar refractivity (Wildman–Crippen MR) is 91.9 cm³/mol. The van der Waals surface area contributed by atoms with Gasteiger partial charge in [0.1, 0.15) is 11.6 Å². The van der Waals surface area contributed by atoms with Crippen molar-refractivity contribution in [1.82, 2.24) is 0 Å². The Hall–Kier alpha value is -2.02. The van der Waals surface area contributed by atoms with Gasteiger partial charge in [-0.15, -0.1) is 11.3 Å². The van der Waals surface area contributed by atoms with Gasteiger partial charge in [-0.2, -0.15) is 0 Å². The van der Waals surface area contributed by atoms with Crippen LogP contribution in [0.3, 0.4) is 0 Å². The molecule has 1 N–H and O–H groups in total. The molecular formula is C17H12ClF2NO2S. The third kappa shape index (κ3) is 3.13. The zero-order chi connectivity index (χ0) is 17.3. The van der Waals surface area contributed by atoms with Crippen molar-refractivity contribution in [1.29, 1.82) is 0 Å². The largest absolute Gasteiger partial charge is 0.380 e. The summed E-state index contributed by atoms with van der Waals surface area (Å²) < 4.78 is 33.4. The number of carbonyl (C=O) groups is 1. The number of halogens is 3. The van der Waals surface area contributed by atoms with Gasteiger partial charge in [-0.05, 0) is 30.3 Å². The number of methoxy groups -OCH3 is 1. The Balaban J connectivity index is 2.01. The predicted octanol–water partition coefficient (Wildman–Crippen LogP) is 5.23. The summed E-state index contributed by atoms with van der Waals surface area (Å²) in [5.41, 5.74) is 0.741. The molecule has 0 saturated carbocycles. The summed E-state index contributed by atoms with van der Waals surface area (Å²) in [6, 6.07) is 8.64. The number of ether oxygens (including phenoxy) is 1. The van der Waals surface area contributed by atoms with E-state index >= 15 is 0 Å². The summed E-state index contributed by atoms with van der Waals surface area (Å²) in [6.45, 7) is 0.0959. The van der Waals surface area contributed by atoms with Crippen molar-refractivity contribution < 1.29 is 18.3 Å². The molecule has 0 spiro atoms. The minimum absolute atomic E-state index is 0.0306. The van der Waals surface area contributed by atoms with E-state index in [2.05, 4.69) is 5.32 Å². The van der Waals surface area contributed by atoms with Crippen LogP contribution in [0.25, 0.3) is 10.1 Å². The molecule has 24 heavy (non-hydrogen) atoms. The van der Waals surface area contributed by atoms with Crippen molar-refractivity contribution in [2.45, 2.75) is 6.61 Å². The fourth-order valence-corrected chi connectivity index (χ4v) is 3.63. The lowest BCUT2D eigenvalue weighted by Crippen LogP contribution is -2.12. The maximum absolute atomic E-state index is 14.1. The third-order valence-corrected chi connectivity index (χ3v) is 4.94. The van der Waals surface area contributed by atoms with Crippen LogP contribution in [0, 0.1) is 11.6 Å². The first kappa shape index (κ1) is 16.8. The first-order valence-electron chi connectivity index (χ1n) is 6.96. The lowest BCUT2D eigenvalue weighted by Gasteiger charge is -2.07. The Labute approximate surface area is 145 Å². The van der Waals surface area contributed by atoms with E-state index in [1.54, 1.807) is 12.1 Å². The summed E-state index contributed by atoms with van der Waals surface area (Å²) in [5, 5.41) is 2.94. The standard InChI is InChI=1S/C17H12ClF2NO2S/c1-23-8-10-15-12(19)3-2-4-14(15)24-16(10)17(22)21-9-5-6-11(18)13(20)7-9/h2-7H,8H2,1H3,(H,21,22). The smallest absolute Gasteiger partial charge is 0.266 e. The minimum Gasteiger partial charge on any atom is -0.380 e. The van der Waals surface area contributed by atoms with Crippen LogP contribution in [0.5, 0.6) is 0 Å². The van der Waals surface area contributed by atoms with E-state index in [1.165, 1.54) is 25.3 Å². The van der Waals surface area contributed by atoms with Crippen molar-refractivity contribution in [3.63, 3.8) is 0 Å². The first-order chi connectivity index (χ1) is 11.5. The maximum Gasteiger partial charge on any atom is 0.266 e. The van der Waals surface area contributed by atoms with E-state index in [9.17, 15) is 13.6 Å². The van der Waals surface area contributed by atoms with E-state index in [0.29, 0.717) is 20.5 Å². The number of rotatable bonds is 4. The van der Waals surface area contributed by atoms with Crippen LogP contribution < -0.4 is 5.32 Å². The number of hydrogen-bond acceptors (Lipinski definition) is 3. The Kier molecular flexibility index (Phi) is 4.80. The SMILES string of the molecule is COCc1c(C(=O)Nc2ccc(Cl)c(F)c2)sc2cccc(F)c12. The molecule has 0 fully saturated rings. The fraction of sp³-hybridized carbons (Fsp3) is 0.118. The van der Waals surface area contributed by atoms with E-state index in [4.69, 9.17) is 16.3 Å². The topological polar surface area (TPSA) is 38.3 Å². The number of benzene rings is 2. The monoisotopic (exact) mass is 367 g/mol. The van der Waals surface area contributed by atoms with Crippen LogP contribution in [0.1, 0.15) is 15.2 Å². The summed E-state index contributed by atoms with van der Waals surface area (Å²) >= 11 is 6.79. The number of anilines is 1. The van der Waals surface area contributed by atoms with Crippen molar-refractivity contribution >= 4 is 44.6 Å². The molecule has 7 heteroatoms. The highest BCUT2D eigenvalue weighted by molar-refractivity contribution is 7.21. The molecule has 0 atom stereocenters. The lowest BCUT2D eigenvalue weighted by molar-refractivity contribution is 0.102. The molecule has 1 aromatic heterocycles. The molecule has 0 radical (unpaired) electrons. The molecule has 3 rings (SSSR count). The molecule has 1 heterocycles. The molecule has 0 aliphatic heterocycles. The number of amides is 1. The molecule has 2 aromatic carbocycles. The van der Waals surface area contributed by atoms with Gasteiger partial charge < -0.3 is 10.1 Å². The highest BCUT2D eigenvalue weighted by atomic mass is 35.5. The van der Waals surface area contributed by atoms with Gasteiger partial charge in [0.25, 0.3) is 5.91 Å². The molecule has 0 unspecified atom stereocenters. The zero-order valence-electron chi connectivity index (χ0n) is 12.5. The van der Waals surface area contributed by atoms with Gasteiger partial charge in [0, 0.05) is 28.4 Å². The van der Waals surface area contributed by atoms with Crippen LogP contribution in [0.2, 0.25) is 5.02 Å². The van der Waals surface area contributed by atoms with Gasteiger partial charge in [-0.25, -0.2) is 8.78 Å². The molecule has 0 aliphatic carbocycles. The average Bonchev–Trinajstić information content (AvgIpc) is 2.91. The molecule has 0 saturated heterocycles. The van der Waals surface area contributed by atoms with E-state index in [-0.39, 0.29) is 17.3 Å². The molecule has 3 nitrogen and oxygen atoms in total. The summed E-state index contributed by atoms with van der Waals surface area (Å²) in [6.07, 6.45) is 0. The number of thiophene rings is 1. The van der Waals surface area contributed by atoms with Crippen LogP contribution in [-0.4, -0.2) is 13.0 Å².